The van der Waals surface area contributed by atoms with Crippen LogP contribution in [0.4, 0.5) is 0 Å². The lowest BCUT2D eigenvalue weighted by Gasteiger charge is -2.41. The highest BCUT2D eigenvalue weighted by Gasteiger charge is 2.37. The maximum Gasteiger partial charge on any atom is 0.248 e. The summed E-state index contributed by atoms with van der Waals surface area (Å²) >= 11 is 0. The molecule has 3 N–H and O–H groups in total. The van der Waals surface area contributed by atoms with Gasteiger partial charge < -0.3 is 15.6 Å². The van der Waals surface area contributed by atoms with Crippen molar-refractivity contribution in [1.82, 2.24) is 0 Å². The zero-order valence-corrected chi connectivity index (χ0v) is 9.69. The lowest BCUT2D eigenvalue weighted by Crippen LogP contribution is -2.45. The Kier molecular flexibility index (Phi) is 3.45. The molecule has 1 aliphatic heterocycles. The molecule has 1 aromatic rings. The molecule has 0 saturated carbocycles. The predicted molar refractivity (Wildman–Crippen MR) is 63.6 cm³/mol. The molecule has 0 aliphatic carbocycles. The monoisotopic (exact) mass is 235 g/mol. The first-order valence-corrected chi connectivity index (χ1v) is 5.73. The largest absolute Gasteiger partial charge is 0.396 e. The van der Waals surface area contributed by atoms with Crippen LogP contribution < -0.4 is 5.73 Å². The van der Waals surface area contributed by atoms with Gasteiger partial charge in [-0.05, 0) is 30.5 Å². The Morgan fingerprint density at radius 2 is 2.00 bits per heavy atom. The van der Waals surface area contributed by atoms with Crippen molar-refractivity contribution in [2.75, 3.05) is 19.8 Å². The van der Waals surface area contributed by atoms with Crippen LogP contribution in [-0.4, -0.2) is 30.8 Å². The second-order valence-electron chi connectivity index (χ2n) is 4.70. The minimum Gasteiger partial charge on any atom is -0.396 e. The number of aliphatic hydroxyl groups is 1. The minimum absolute atomic E-state index is 0.0724. The van der Waals surface area contributed by atoms with Gasteiger partial charge in [0.05, 0.1) is 13.2 Å². The number of hydrogen-bond acceptors (Lipinski definition) is 3. The molecule has 2 rings (SSSR count). The number of nitrogens with two attached hydrogens (primary N) is 1. The maximum atomic E-state index is 10.9. The summed E-state index contributed by atoms with van der Waals surface area (Å²) in [6.07, 6.45) is 1.62. The Balaban J connectivity index is 2.05. The number of aliphatic hydroxyl groups excluding tert-OH is 1. The first-order valence-electron chi connectivity index (χ1n) is 5.73. The Morgan fingerprint density at radius 1 is 1.35 bits per heavy atom. The summed E-state index contributed by atoms with van der Waals surface area (Å²) in [5.41, 5.74) is 6.92. The molecule has 4 heteroatoms. The van der Waals surface area contributed by atoms with Gasteiger partial charge in [0, 0.05) is 17.6 Å². The summed E-state index contributed by atoms with van der Waals surface area (Å²) in [7, 11) is 0. The number of primary amides is 1. The van der Waals surface area contributed by atoms with E-state index < -0.39 is 5.91 Å². The zero-order valence-electron chi connectivity index (χ0n) is 9.69. The number of carbonyl (C=O) groups is 1. The van der Waals surface area contributed by atoms with Crippen LogP contribution in [0, 0.1) is 5.41 Å². The van der Waals surface area contributed by atoms with Crippen molar-refractivity contribution in [1.29, 1.82) is 0 Å². The number of hydrogen-bond donors (Lipinski definition) is 2. The highest BCUT2D eigenvalue weighted by molar-refractivity contribution is 5.92. The summed E-state index contributed by atoms with van der Waals surface area (Å²) in [4.78, 5) is 10.9. The van der Waals surface area contributed by atoms with Crippen LogP contribution in [0.2, 0.25) is 0 Å². The molecular formula is C13H17NO3. The van der Waals surface area contributed by atoms with E-state index in [9.17, 15) is 4.79 Å². The van der Waals surface area contributed by atoms with Crippen LogP contribution in [0.25, 0.3) is 0 Å². The van der Waals surface area contributed by atoms with Gasteiger partial charge in [-0.3, -0.25) is 4.79 Å². The molecule has 17 heavy (non-hydrogen) atoms. The van der Waals surface area contributed by atoms with Crippen molar-refractivity contribution in [2.45, 2.75) is 12.8 Å². The van der Waals surface area contributed by atoms with Gasteiger partial charge in [0.25, 0.3) is 0 Å². The van der Waals surface area contributed by atoms with Gasteiger partial charge in [-0.15, -0.1) is 0 Å². The van der Waals surface area contributed by atoms with E-state index in [4.69, 9.17) is 15.6 Å². The summed E-state index contributed by atoms with van der Waals surface area (Å²) in [6.45, 7) is 1.58. The Hall–Kier alpha value is -1.39. The van der Waals surface area contributed by atoms with Gasteiger partial charge in [-0.2, -0.15) is 0 Å². The average Bonchev–Trinajstić information content (AvgIpc) is 2.27. The van der Waals surface area contributed by atoms with E-state index in [0.717, 1.165) is 18.4 Å². The normalized spacial score (nSPS) is 17.5. The first-order chi connectivity index (χ1) is 8.15. The molecule has 0 unspecified atom stereocenters. The average molecular weight is 235 g/mol. The Bertz CT molecular complexity index is 396. The van der Waals surface area contributed by atoms with Gasteiger partial charge in [0.15, 0.2) is 0 Å². The van der Waals surface area contributed by atoms with E-state index in [1.807, 2.05) is 12.1 Å². The Morgan fingerprint density at radius 3 is 2.41 bits per heavy atom. The zero-order chi connectivity index (χ0) is 12.3. The number of amides is 1. The molecule has 0 aromatic heterocycles. The molecular weight excluding hydrogens is 218 g/mol. The van der Waals surface area contributed by atoms with Crippen molar-refractivity contribution >= 4 is 5.91 Å². The number of rotatable bonds is 5. The van der Waals surface area contributed by atoms with E-state index in [1.54, 1.807) is 12.1 Å². The van der Waals surface area contributed by atoms with Crippen LogP contribution in [0.1, 0.15) is 22.3 Å². The van der Waals surface area contributed by atoms with Crippen LogP contribution in [-0.2, 0) is 11.2 Å². The molecule has 0 radical (unpaired) electrons. The Labute approximate surface area is 100 Å². The molecule has 1 amide bonds. The predicted octanol–water partition coefficient (Wildman–Crippen LogP) is 0.727. The lowest BCUT2D eigenvalue weighted by molar-refractivity contribution is -0.122. The molecule has 1 aliphatic rings. The molecule has 1 saturated heterocycles. The van der Waals surface area contributed by atoms with Crippen LogP contribution >= 0.6 is 0 Å². The fourth-order valence-electron chi connectivity index (χ4n) is 2.18. The van der Waals surface area contributed by atoms with Crippen LogP contribution in [0.3, 0.4) is 0 Å². The second kappa shape index (κ2) is 4.85. The highest BCUT2D eigenvalue weighted by atomic mass is 16.5. The third-order valence-electron chi connectivity index (χ3n) is 3.28. The fourth-order valence-corrected chi connectivity index (χ4v) is 2.18. The summed E-state index contributed by atoms with van der Waals surface area (Å²) in [6, 6.07) is 7.31. The van der Waals surface area contributed by atoms with E-state index >= 15 is 0 Å². The fraction of sp³-hybridized carbons (Fsp3) is 0.462. The third-order valence-corrected chi connectivity index (χ3v) is 3.28. The summed E-state index contributed by atoms with van der Waals surface area (Å²) < 4.78 is 5.24. The molecule has 1 heterocycles. The second-order valence-corrected chi connectivity index (χ2v) is 4.70. The maximum absolute atomic E-state index is 10.9. The molecule has 0 spiro atoms. The molecule has 0 bridgehead atoms. The van der Waals surface area contributed by atoms with Gasteiger partial charge in [0.1, 0.15) is 0 Å². The minimum atomic E-state index is -0.409. The smallest absolute Gasteiger partial charge is 0.248 e. The first kappa shape index (κ1) is 12.1. The number of benzene rings is 1. The quantitative estimate of drug-likeness (QED) is 0.790. The molecule has 92 valence electrons. The van der Waals surface area contributed by atoms with Crippen molar-refractivity contribution in [2.24, 2.45) is 11.1 Å². The molecule has 0 atom stereocenters. The van der Waals surface area contributed by atoms with Crippen molar-refractivity contribution < 1.29 is 14.6 Å². The third kappa shape index (κ3) is 2.65. The van der Waals surface area contributed by atoms with E-state index in [1.165, 1.54) is 0 Å². The van der Waals surface area contributed by atoms with E-state index in [0.29, 0.717) is 18.8 Å². The van der Waals surface area contributed by atoms with Crippen LogP contribution in [0.5, 0.6) is 0 Å². The van der Waals surface area contributed by atoms with Gasteiger partial charge in [0.2, 0.25) is 5.91 Å². The van der Waals surface area contributed by atoms with Gasteiger partial charge in [-0.1, -0.05) is 12.1 Å². The van der Waals surface area contributed by atoms with Gasteiger partial charge in [-0.25, -0.2) is 0 Å². The summed E-state index contributed by atoms with van der Waals surface area (Å²) in [5.74, 6) is -0.409. The van der Waals surface area contributed by atoms with Gasteiger partial charge >= 0.3 is 0 Å². The van der Waals surface area contributed by atoms with E-state index in [-0.39, 0.29) is 12.0 Å². The molecule has 1 aromatic carbocycles. The standard InChI is InChI=1S/C13H17NO3/c14-12(16)11-3-1-10(2-4-11)7-13(5-6-15)8-17-9-13/h1-4,15H,5-9H2,(H2,14,16). The van der Waals surface area contributed by atoms with Crippen molar-refractivity contribution in [3.8, 4) is 0 Å². The van der Waals surface area contributed by atoms with Crippen molar-refractivity contribution in [3.05, 3.63) is 35.4 Å². The topological polar surface area (TPSA) is 72.6 Å². The SMILES string of the molecule is NC(=O)c1ccc(CC2(CCO)COC2)cc1. The summed E-state index contributed by atoms with van der Waals surface area (Å²) in [5, 5.41) is 9.05. The molecule has 4 nitrogen and oxygen atoms in total. The number of carbonyl (C=O) groups excluding carboxylic acids is 1. The van der Waals surface area contributed by atoms with Crippen LogP contribution in [0.15, 0.2) is 24.3 Å². The highest BCUT2D eigenvalue weighted by Crippen LogP contribution is 2.35. The number of ether oxygens (including phenoxy) is 1. The van der Waals surface area contributed by atoms with E-state index in [2.05, 4.69) is 0 Å². The molecule has 1 fully saturated rings. The lowest BCUT2D eigenvalue weighted by atomic mass is 9.77. The van der Waals surface area contributed by atoms with Crippen molar-refractivity contribution in [3.63, 3.8) is 0 Å².